The fourth-order valence-corrected chi connectivity index (χ4v) is 12.4. The molecule has 0 saturated carbocycles. The Labute approximate surface area is 293 Å². The van der Waals surface area contributed by atoms with Crippen molar-refractivity contribution < 1.29 is 20.4 Å². The summed E-state index contributed by atoms with van der Waals surface area (Å²) < 4.78 is 0. The van der Waals surface area contributed by atoms with Crippen molar-refractivity contribution in [1.29, 1.82) is 0 Å². The molecule has 0 fully saturated rings. The van der Waals surface area contributed by atoms with Crippen LogP contribution >= 0.6 is 15.8 Å². The molecule has 0 amide bonds. The standard InChI is InChI=1S/C44H32P2.Pd/c1-5-19-35(20-6-1)45(36-21-7-2-8-22-36)41-31-29-33-17-13-15-27-39(33)43(41)44-40-28-16-14-18-34(40)30-32-42(44)46(37-23-9-3-10-24-37)38-25-11-4-12-26-38;/h1-32H;/q;+2/p+2. The van der Waals surface area contributed by atoms with Crippen LogP contribution in [0.25, 0.3) is 32.7 Å². The quantitative estimate of drug-likeness (QED) is 0.114. The summed E-state index contributed by atoms with van der Waals surface area (Å²) in [6, 6.07) is 72.2. The van der Waals surface area contributed by atoms with Gasteiger partial charge in [0.25, 0.3) is 0 Å². The Hall–Kier alpha value is -4.20. The van der Waals surface area contributed by atoms with Gasteiger partial charge < -0.3 is 0 Å². The van der Waals surface area contributed by atoms with Gasteiger partial charge in [0, 0.05) is 11.1 Å². The Balaban J connectivity index is 0.00000351. The van der Waals surface area contributed by atoms with Crippen LogP contribution in [0.2, 0.25) is 0 Å². The van der Waals surface area contributed by atoms with Gasteiger partial charge in [0.1, 0.15) is 31.8 Å². The SMILES string of the molecule is [Pd+2].c1ccc([PH+](c2ccccc2)c2ccc3ccccc3c2-c2c([PH+](c3ccccc3)c3ccccc3)ccc3ccccc23)cc1. The molecule has 0 aliphatic rings. The van der Waals surface area contributed by atoms with Gasteiger partial charge in [-0.05, 0) is 82.2 Å². The van der Waals surface area contributed by atoms with Crippen molar-refractivity contribution in [3.63, 3.8) is 0 Å². The van der Waals surface area contributed by atoms with Crippen LogP contribution in [-0.2, 0) is 20.4 Å². The zero-order valence-corrected chi connectivity index (χ0v) is 29.3. The van der Waals surface area contributed by atoms with E-state index in [0.29, 0.717) is 0 Å². The van der Waals surface area contributed by atoms with Crippen LogP contribution in [-0.4, -0.2) is 0 Å². The van der Waals surface area contributed by atoms with E-state index >= 15 is 0 Å². The first kappa shape index (κ1) is 31.4. The molecule has 226 valence electrons. The molecule has 0 radical (unpaired) electrons. The van der Waals surface area contributed by atoms with Crippen molar-refractivity contribution in [1.82, 2.24) is 0 Å². The number of rotatable bonds is 7. The molecule has 0 N–H and O–H groups in total. The van der Waals surface area contributed by atoms with Gasteiger partial charge in [-0.1, -0.05) is 133 Å². The summed E-state index contributed by atoms with van der Waals surface area (Å²) in [7, 11) is -2.74. The Bertz CT molecular complexity index is 2010. The van der Waals surface area contributed by atoms with E-state index in [1.54, 1.807) is 0 Å². The Morgan fingerprint density at radius 3 is 0.851 bits per heavy atom. The zero-order valence-electron chi connectivity index (χ0n) is 25.8. The normalized spacial score (nSPS) is 11.2. The molecule has 0 heterocycles. The van der Waals surface area contributed by atoms with Gasteiger partial charge >= 0.3 is 20.4 Å². The fourth-order valence-electron chi connectivity index (χ4n) is 6.87. The minimum absolute atomic E-state index is 0. The molecule has 8 aromatic carbocycles. The largest absolute Gasteiger partial charge is 2.00 e. The van der Waals surface area contributed by atoms with Gasteiger partial charge in [-0.15, -0.1) is 0 Å². The maximum absolute atomic E-state index is 2.44. The van der Waals surface area contributed by atoms with Crippen molar-refractivity contribution in [2.24, 2.45) is 0 Å². The molecule has 0 spiro atoms. The number of benzene rings is 8. The van der Waals surface area contributed by atoms with Gasteiger partial charge in [0.05, 0.1) is 15.8 Å². The molecule has 3 heteroatoms. The van der Waals surface area contributed by atoms with Crippen LogP contribution in [0.3, 0.4) is 0 Å². The second-order valence-electron chi connectivity index (χ2n) is 11.6. The molecular formula is C44H34P2Pd+4. The smallest absolute Gasteiger partial charge is 0.0620 e. The van der Waals surface area contributed by atoms with Gasteiger partial charge in [0.15, 0.2) is 0 Å². The molecule has 0 nitrogen and oxygen atoms in total. The predicted molar refractivity (Wildman–Crippen MR) is 207 cm³/mol. The number of fused-ring (bicyclic) bond motifs is 2. The minimum Gasteiger partial charge on any atom is -0.0620 e. The van der Waals surface area contributed by atoms with E-state index in [-0.39, 0.29) is 20.4 Å². The molecule has 0 aliphatic heterocycles. The first-order chi connectivity index (χ1) is 22.9. The summed E-state index contributed by atoms with van der Waals surface area (Å²) in [4.78, 5) is 0. The van der Waals surface area contributed by atoms with Crippen LogP contribution in [0.4, 0.5) is 0 Å². The topological polar surface area (TPSA) is 0 Å². The van der Waals surface area contributed by atoms with E-state index in [1.807, 2.05) is 0 Å². The Kier molecular flexibility index (Phi) is 9.54. The van der Waals surface area contributed by atoms with Crippen LogP contribution < -0.4 is 31.8 Å². The average Bonchev–Trinajstić information content (AvgIpc) is 3.14. The van der Waals surface area contributed by atoms with Crippen molar-refractivity contribution in [2.45, 2.75) is 0 Å². The summed E-state index contributed by atoms with van der Waals surface area (Å²) in [6.45, 7) is 0. The average molecular weight is 731 g/mol. The molecule has 0 aliphatic carbocycles. The molecule has 0 bridgehead atoms. The predicted octanol–water partition coefficient (Wildman–Crippen LogP) is 8.64. The summed E-state index contributed by atoms with van der Waals surface area (Å²) in [5, 5.41) is 13.6. The van der Waals surface area contributed by atoms with E-state index in [9.17, 15) is 0 Å². The molecule has 0 unspecified atom stereocenters. The maximum atomic E-state index is 2.44. The van der Waals surface area contributed by atoms with Crippen molar-refractivity contribution in [3.8, 4) is 11.1 Å². The van der Waals surface area contributed by atoms with Crippen LogP contribution in [0, 0.1) is 0 Å². The Morgan fingerprint density at radius 1 is 0.255 bits per heavy atom. The third kappa shape index (κ3) is 6.15. The van der Waals surface area contributed by atoms with Crippen molar-refractivity contribution in [3.05, 3.63) is 194 Å². The number of hydrogen-bond donors (Lipinski definition) is 0. The molecule has 47 heavy (non-hydrogen) atoms. The fraction of sp³-hybridized carbons (Fsp3) is 0. The van der Waals surface area contributed by atoms with Gasteiger partial charge in [-0.25, -0.2) is 0 Å². The molecule has 0 aromatic heterocycles. The van der Waals surface area contributed by atoms with Gasteiger partial charge in [-0.3, -0.25) is 0 Å². The Morgan fingerprint density at radius 2 is 0.532 bits per heavy atom. The molecule has 0 saturated heterocycles. The van der Waals surface area contributed by atoms with E-state index in [0.717, 1.165) is 0 Å². The minimum atomic E-state index is -1.37. The van der Waals surface area contributed by atoms with E-state index in [1.165, 1.54) is 64.5 Å². The van der Waals surface area contributed by atoms with E-state index < -0.39 is 15.8 Å². The molecule has 8 rings (SSSR count). The van der Waals surface area contributed by atoms with Crippen LogP contribution in [0.5, 0.6) is 0 Å². The third-order valence-electron chi connectivity index (χ3n) is 8.90. The second-order valence-corrected chi connectivity index (χ2v) is 16.5. The molecule has 0 atom stereocenters. The van der Waals surface area contributed by atoms with Gasteiger partial charge in [0.2, 0.25) is 0 Å². The second kappa shape index (κ2) is 14.3. The maximum Gasteiger partial charge on any atom is 2.00 e. The zero-order chi connectivity index (χ0) is 30.7. The van der Waals surface area contributed by atoms with Crippen molar-refractivity contribution in [2.75, 3.05) is 0 Å². The van der Waals surface area contributed by atoms with Gasteiger partial charge in [-0.2, -0.15) is 0 Å². The molecular weight excluding hydrogens is 697 g/mol. The number of hydrogen-bond acceptors (Lipinski definition) is 0. The van der Waals surface area contributed by atoms with Crippen LogP contribution in [0.1, 0.15) is 0 Å². The van der Waals surface area contributed by atoms with Crippen LogP contribution in [0.15, 0.2) is 194 Å². The molecule has 8 aromatic rings. The monoisotopic (exact) mass is 730 g/mol. The first-order valence-corrected chi connectivity index (χ1v) is 18.9. The summed E-state index contributed by atoms with van der Waals surface area (Å²) >= 11 is 0. The van der Waals surface area contributed by atoms with E-state index in [4.69, 9.17) is 0 Å². The third-order valence-corrected chi connectivity index (χ3v) is 14.4. The summed E-state index contributed by atoms with van der Waals surface area (Å²) in [5.41, 5.74) is 2.75. The van der Waals surface area contributed by atoms with E-state index in [2.05, 4.69) is 194 Å². The first-order valence-electron chi connectivity index (χ1n) is 15.9. The van der Waals surface area contributed by atoms with Crippen molar-refractivity contribution >= 4 is 69.2 Å². The summed E-state index contributed by atoms with van der Waals surface area (Å²) in [5.74, 6) is 0. The summed E-state index contributed by atoms with van der Waals surface area (Å²) in [6.07, 6.45) is 0.